The van der Waals surface area contributed by atoms with Crippen molar-refractivity contribution in [3.8, 4) is 0 Å². The lowest BCUT2D eigenvalue weighted by atomic mass is 10.00. The van der Waals surface area contributed by atoms with Gasteiger partial charge in [-0.15, -0.1) is 0 Å². The molecule has 0 aromatic heterocycles. The fourth-order valence-corrected chi connectivity index (χ4v) is 13.6. The highest BCUT2D eigenvalue weighted by Gasteiger charge is 2.30. The summed E-state index contributed by atoms with van der Waals surface area (Å²) < 4.78 is 68.5. The maximum Gasteiger partial charge on any atom is 0.472 e. The Kier molecular flexibility index (Phi) is 66.8. The molecule has 0 radical (unpaired) electrons. The van der Waals surface area contributed by atoms with E-state index in [2.05, 4.69) is 55.4 Å². The topological polar surface area (TPSA) is 237 Å². The lowest BCUT2D eigenvalue weighted by molar-refractivity contribution is -0.161. The average Bonchev–Trinajstić information content (AvgIpc) is 0.994. The Morgan fingerprint density at radius 1 is 0.286 bits per heavy atom. The molecule has 0 fully saturated rings. The van der Waals surface area contributed by atoms with Gasteiger partial charge in [0.2, 0.25) is 0 Å². The summed E-state index contributed by atoms with van der Waals surface area (Å²) in [5.74, 6) is 0.902. The smallest absolute Gasteiger partial charge is 0.462 e. The monoisotopic (exact) mass is 1440 g/mol. The van der Waals surface area contributed by atoms with Crippen molar-refractivity contribution in [2.75, 3.05) is 39.6 Å². The zero-order valence-electron chi connectivity index (χ0n) is 64.4. The first kappa shape index (κ1) is 96.1. The summed E-state index contributed by atoms with van der Waals surface area (Å²) >= 11 is 0. The van der Waals surface area contributed by atoms with Crippen molar-refractivity contribution in [3.05, 3.63) is 0 Å². The quantitative estimate of drug-likeness (QED) is 0.0222. The highest BCUT2D eigenvalue weighted by Crippen LogP contribution is 2.45. The number of hydrogen-bond acceptors (Lipinski definition) is 15. The first-order valence-electron chi connectivity index (χ1n) is 40.7. The van der Waals surface area contributed by atoms with Gasteiger partial charge in [0.1, 0.15) is 19.3 Å². The first-order valence-corrected chi connectivity index (χ1v) is 43.7. The molecular weight excluding hydrogens is 1280 g/mol. The Bertz CT molecular complexity index is 1920. The number of phosphoric acid groups is 2. The molecule has 0 amide bonds. The Morgan fingerprint density at radius 3 is 0.724 bits per heavy atom. The van der Waals surface area contributed by atoms with Gasteiger partial charge in [-0.2, -0.15) is 0 Å². The molecule has 0 aliphatic carbocycles. The average molecular weight is 1440 g/mol. The lowest BCUT2D eigenvalue weighted by Gasteiger charge is -2.21. The molecule has 0 aliphatic rings. The molecule has 3 unspecified atom stereocenters. The zero-order valence-corrected chi connectivity index (χ0v) is 66.2. The van der Waals surface area contributed by atoms with E-state index in [0.717, 1.165) is 114 Å². The first-order chi connectivity index (χ1) is 47.1. The number of ether oxygens (including phenoxy) is 4. The Balaban J connectivity index is 5.18. The van der Waals surface area contributed by atoms with E-state index in [1.807, 2.05) is 0 Å². The highest BCUT2D eigenvalue weighted by atomic mass is 31.2. The van der Waals surface area contributed by atoms with Crippen LogP contribution in [0.15, 0.2) is 0 Å². The molecule has 98 heavy (non-hydrogen) atoms. The number of rotatable bonds is 76. The molecule has 0 aliphatic heterocycles. The van der Waals surface area contributed by atoms with Crippen LogP contribution < -0.4 is 0 Å². The number of carbonyl (C=O) groups excluding carboxylic acids is 4. The van der Waals surface area contributed by atoms with Crippen molar-refractivity contribution >= 4 is 39.5 Å². The van der Waals surface area contributed by atoms with Crippen LogP contribution in [0, 0.1) is 23.7 Å². The molecule has 6 atom stereocenters. The summed E-state index contributed by atoms with van der Waals surface area (Å²) in [4.78, 5) is 72.8. The van der Waals surface area contributed by atoms with Crippen molar-refractivity contribution < 1.29 is 80.2 Å². The van der Waals surface area contributed by atoms with Gasteiger partial charge in [0.05, 0.1) is 26.4 Å². The summed E-state index contributed by atoms with van der Waals surface area (Å²) in [6.45, 7) is 14.1. The number of aliphatic hydroxyl groups excluding tert-OH is 1. The van der Waals surface area contributed by atoms with Crippen molar-refractivity contribution in [2.45, 2.75) is 420 Å². The van der Waals surface area contributed by atoms with Crippen LogP contribution in [-0.2, 0) is 65.4 Å². The van der Waals surface area contributed by atoms with Crippen LogP contribution in [0.5, 0.6) is 0 Å². The fraction of sp³-hybridized carbons (Fsp3) is 0.949. The SMILES string of the molecule is CCC(C)CCCCCCCCC(=O)OC[C@H](COP(=O)(O)OC[C@H](O)COP(=O)(O)OC[C@@H](COC(=O)CCCCCCCCCCCCCCCCCCCCC(C)C)OC(=O)CCCCCCCCCCCCCCCCCC(C)C)OC(=O)CCCCCCCCC(C)C. The van der Waals surface area contributed by atoms with Crippen LogP contribution >= 0.6 is 15.6 Å². The van der Waals surface area contributed by atoms with E-state index in [9.17, 15) is 43.2 Å². The second-order valence-electron chi connectivity index (χ2n) is 30.1. The predicted octanol–water partition coefficient (Wildman–Crippen LogP) is 23.2. The molecule has 0 aromatic carbocycles. The van der Waals surface area contributed by atoms with Gasteiger partial charge in [-0.25, -0.2) is 9.13 Å². The molecule has 582 valence electrons. The third kappa shape index (κ3) is 71.1. The number of phosphoric ester groups is 2. The van der Waals surface area contributed by atoms with E-state index >= 15 is 0 Å². The van der Waals surface area contributed by atoms with E-state index in [-0.39, 0.29) is 25.7 Å². The molecular formula is C79H154O17P2. The normalized spacial score (nSPS) is 14.3. The minimum Gasteiger partial charge on any atom is -0.462 e. The maximum absolute atomic E-state index is 13.1. The maximum atomic E-state index is 13.1. The minimum atomic E-state index is -4.96. The lowest BCUT2D eigenvalue weighted by Crippen LogP contribution is -2.30. The van der Waals surface area contributed by atoms with Gasteiger partial charge in [0.25, 0.3) is 0 Å². The van der Waals surface area contributed by atoms with Crippen LogP contribution in [0.25, 0.3) is 0 Å². The third-order valence-corrected chi connectivity index (χ3v) is 20.6. The second kappa shape index (κ2) is 68.2. The number of aliphatic hydroxyl groups is 1. The molecule has 0 heterocycles. The molecule has 0 saturated heterocycles. The number of hydrogen-bond donors (Lipinski definition) is 3. The van der Waals surface area contributed by atoms with Gasteiger partial charge in [-0.1, -0.05) is 351 Å². The van der Waals surface area contributed by atoms with E-state index < -0.39 is 97.5 Å². The van der Waals surface area contributed by atoms with Crippen molar-refractivity contribution in [2.24, 2.45) is 23.7 Å². The van der Waals surface area contributed by atoms with Gasteiger partial charge < -0.3 is 33.8 Å². The number of carbonyl (C=O) groups is 4. The summed E-state index contributed by atoms with van der Waals surface area (Å²) in [5.41, 5.74) is 0. The van der Waals surface area contributed by atoms with Crippen LogP contribution in [0.3, 0.4) is 0 Å². The van der Waals surface area contributed by atoms with Crippen molar-refractivity contribution in [1.82, 2.24) is 0 Å². The summed E-state index contributed by atoms with van der Waals surface area (Å²) in [6.07, 6.45) is 54.5. The summed E-state index contributed by atoms with van der Waals surface area (Å²) in [6, 6.07) is 0. The van der Waals surface area contributed by atoms with Crippen molar-refractivity contribution in [1.29, 1.82) is 0 Å². The zero-order chi connectivity index (χ0) is 72.4. The fourth-order valence-electron chi connectivity index (χ4n) is 12.0. The molecule has 0 saturated carbocycles. The molecule has 3 N–H and O–H groups in total. The van der Waals surface area contributed by atoms with Gasteiger partial charge >= 0.3 is 39.5 Å². The minimum absolute atomic E-state index is 0.101. The molecule has 0 rings (SSSR count). The predicted molar refractivity (Wildman–Crippen MR) is 400 cm³/mol. The Labute approximate surface area is 600 Å². The number of esters is 4. The van der Waals surface area contributed by atoms with Crippen molar-refractivity contribution in [3.63, 3.8) is 0 Å². The molecule has 19 heteroatoms. The molecule has 0 aromatic rings. The van der Waals surface area contributed by atoms with E-state index in [1.54, 1.807) is 0 Å². The Hall–Kier alpha value is -1.94. The standard InChI is InChI=1S/C79H154O17P2/c1-9-72(8)58-50-42-36-38-44-52-60-77(82)90-66-75(96-79(84)62-54-46-37-35-41-49-57-71(6)7)68-94-98(87,88)92-64-73(80)63-91-97(85,86)93-67-74(95-78(83)61-53-45-34-30-26-22-18-14-16-20-24-28-32-40-48-56-70(4)5)65-89-76(81)59-51-43-33-29-25-21-17-13-11-10-12-15-19-23-27-31-39-47-55-69(2)3/h69-75,80H,9-68H2,1-8H3,(H,85,86)(H,87,88)/t72?,73-,74-,75-/m1/s1. The van der Waals surface area contributed by atoms with Crippen LogP contribution in [0.1, 0.15) is 402 Å². The van der Waals surface area contributed by atoms with Crippen LogP contribution in [-0.4, -0.2) is 96.7 Å². The third-order valence-electron chi connectivity index (χ3n) is 18.7. The van der Waals surface area contributed by atoms with Gasteiger partial charge in [-0.3, -0.25) is 37.3 Å². The van der Waals surface area contributed by atoms with Gasteiger partial charge in [0.15, 0.2) is 12.2 Å². The summed E-state index contributed by atoms with van der Waals surface area (Å²) in [5, 5.41) is 10.6. The molecule has 17 nitrogen and oxygen atoms in total. The highest BCUT2D eigenvalue weighted by molar-refractivity contribution is 7.47. The van der Waals surface area contributed by atoms with E-state index in [1.165, 1.54) is 199 Å². The van der Waals surface area contributed by atoms with Crippen LogP contribution in [0.2, 0.25) is 0 Å². The van der Waals surface area contributed by atoms with E-state index in [4.69, 9.17) is 37.0 Å². The largest absolute Gasteiger partial charge is 0.472 e. The van der Waals surface area contributed by atoms with Crippen LogP contribution in [0.4, 0.5) is 0 Å². The molecule has 0 spiro atoms. The van der Waals surface area contributed by atoms with E-state index in [0.29, 0.717) is 31.6 Å². The summed E-state index contributed by atoms with van der Waals surface area (Å²) in [7, 11) is -9.91. The second-order valence-corrected chi connectivity index (χ2v) is 33.0. The van der Waals surface area contributed by atoms with Gasteiger partial charge in [0, 0.05) is 25.7 Å². The molecule has 0 bridgehead atoms. The number of unbranched alkanes of at least 4 members (excludes halogenated alkanes) is 41. The Morgan fingerprint density at radius 2 is 0.490 bits per heavy atom. The van der Waals surface area contributed by atoms with Gasteiger partial charge in [-0.05, 0) is 49.4 Å².